The van der Waals surface area contributed by atoms with Crippen molar-refractivity contribution in [1.29, 1.82) is 0 Å². The summed E-state index contributed by atoms with van der Waals surface area (Å²) in [5.41, 5.74) is 5.50. The second-order valence-corrected chi connectivity index (χ2v) is 8.68. The van der Waals surface area contributed by atoms with Gasteiger partial charge in [0.15, 0.2) is 11.5 Å². The van der Waals surface area contributed by atoms with Gasteiger partial charge in [-0.05, 0) is 24.3 Å². The Morgan fingerprint density at radius 2 is 1.78 bits per heavy atom. The van der Waals surface area contributed by atoms with Crippen LogP contribution in [0.2, 0.25) is 0 Å². The Morgan fingerprint density at radius 1 is 1.03 bits per heavy atom. The first-order chi connectivity index (χ1) is 15.3. The first kappa shape index (κ1) is 23.4. The van der Waals surface area contributed by atoms with Gasteiger partial charge in [-0.3, -0.25) is 9.59 Å². The van der Waals surface area contributed by atoms with Crippen LogP contribution in [0.15, 0.2) is 47.4 Å². The molecule has 172 valence electrons. The van der Waals surface area contributed by atoms with E-state index in [4.69, 9.17) is 19.9 Å². The highest BCUT2D eigenvalue weighted by atomic mass is 32.2. The van der Waals surface area contributed by atoms with Crippen LogP contribution < -0.4 is 30.0 Å². The van der Waals surface area contributed by atoms with Gasteiger partial charge in [0.05, 0.1) is 36.8 Å². The number of nitrogens with two attached hydrogens (primary N) is 1. The van der Waals surface area contributed by atoms with Crippen molar-refractivity contribution in [3.8, 4) is 17.2 Å². The molecule has 0 unspecified atom stereocenters. The van der Waals surface area contributed by atoms with E-state index in [1.54, 1.807) is 30.3 Å². The minimum Gasteiger partial charge on any atom is -0.491 e. The number of hydrogen-bond acceptors (Lipinski definition) is 7. The Morgan fingerprint density at radius 3 is 2.56 bits per heavy atom. The zero-order valence-corrected chi connectivity index (χ0v) is 18.2. The lowest BCUT2D eigenvalue weighted by atomic mass is 10.2. The van der Waals surface area contributed by atoms with Gasteiger partial charge in [0.1, 0.15) is 5.75 Å². The zero-order chi connectivity index (χ0) is 23.0. The van der Waals surface area contributed by atoms with Gasteiger partial charge in [0.25, 0.3) is 0 Å². The van der Waals surface area contributed by atoms with E-state index in [1.807, 2.05) is 0 Å². The van der Waals surface area contributed by atoms with E-state index in [1.165, 1.54) is 12.1 Å². The van der Waals surface area contributed by atoms with E-state index < -0.39 is 21.8 Å². The quantitative estimate of drug-likeness (QED) is 0.483. The number of carbonyl (C=O) groups excluding carboxylic acids is 2. The zero-order valence-electron chi connectivity index (χ0n) is 17.3. The summed E-state index contributed by atoms with van der Waals surface area (Å²) in [5.74, 6) is 0.355. The Balaban J connectivity index is 1.54. The molecule has 0 aliphatic carbocycles. The third-order valence-corrected chi connectivity index (χ3v) is 5.90. The number of fused-ring (bicyclic) bond motifs is 1. The molecule has 3 rings (SSSR count). The van der Waals surface area contributed by atoms with E-state index in [0.29, 0.717) is 42.6 Å². The fraction of sp³-hybridized carbons (Fsp3) is 0.333. The van der Waals surface area contributed by atoms with Gasteiger partial charge in [-0.15, -0.1) is 0 Å². The highest BCUT2D eigenvalue weighted by Crippen LogP contribution is 2.31. The molecule has 0 saturated carbocycles. The topological polar surface area (TPSA) is 146 Å². The van der Waals surface area contributed by atoms with Crippen LogP contribution in [0.3, 0.4) is 0 Å². The van der Waals surface area contributed by atoms with E-state index in [2.05, 4.69) is 10.0 Å². The van der Waals surface area contributed by atoms with Crippen LogP contribution in [-0.2, 0) is 19.6 Å². The lowest BCUT2D eigenvalue weighted by Crippen LogP contribution is -2.28. The number of para-hydroxylation sites is 2. The third kappa shape index (κ3) is 6.59. The molecule has 10 nitrogen and oxygen atoms in total. The van der Waals surface area contributed by atoms with Gasteiger partial charge in [0, 0.05) is 25.5 Å². The number of benzene rings is 2. The van der Waals surface area contributed by atoms with Gasteiger partial charge in [-0.25, -0.2) is 13.1 Å². The lowest BCUT2D eigenvalue weighted by Gasteiger charge is -2.13. The van der Waals surface area contributed by atoms with Crippen LogP contribution in [0, 0.1) is 0 Å². The molecule has 0 fully saturated rings. The molecule has 1 aliphatic rings. The van der Waals surface area contributed by atoms with E-state index >= 15 is 0 Å². The number of hydrogen-bond donors (Lipinski definition) is 3. The average molecular weight is 464 g/mol. The molecule has 0 spiro atoms. The number of carbonyl (C=O) groups is 2. The fourth-order valence-corrected chi connectivity index (χ4v) is 3.91. The van der Waals surface area contributed by atoms with Crippen molar-refractivity contribution in [2.75, 3.05) is 31.7 Å². The third-order valence-electron chi connectivity index (χ3n) is 4.44. The molecule has 2 aromatic rings. The molecule has 0 bridgehead atoms. The van der Waals surface area contributed by atoms with Crippen LogP contribution in [0.1, 0.15) is 19.3 Å². The standard InChI is InChI=1S/C21H25N3O7S/c22-20(25)9-13-31-17-5-2-1-4-16(17)24-21(26)8-10-23-32(27,28)15-6-7-18-19(14-15)30-12-3-11-29-18/h1-2,4-7,14,23H,3,8-13H2,(H2,22,25)(H,24,26). The van der Waals surface area contributed by atoms with Gasteiger partial charge in [0.2, 0.25) is 21.8 Å². The highest BCUT2D eigenvalue weighted by Gasteiger charge is 2.19. The largest absolute Gasteiger partial charge is 0.491 e. The van der Waals surface area contributed by atoms with Crippen molar-refractivity contribution >= 4 is 27.5 Å². The molecule has 1 heterocycles. The molecular weight excluding hydrogens is 438 g/mol. The number of rotatable bonds is 10. The minimum atomic E-state index is -3.84. The summed E-state index contributed by atoms with van der Waals surface area (Å²) in [6.45, 7) is 0.925. The number of anilines is 1. The number of sulfonamides is 1. The van der Waals surface area contributed by atoms with Gasteiger partial charge in [-0.2, -0.15) is 0 Å². The second-order valence-electron chi connectivity index (χ2n) is 6.92. The summed E-state index contributed by atoms with van der Waals surface area (Å²) in [4.78, 5) is 23.2. The molecule has 0 aromatic heterocycles. The molecule has 2 aromatic carbocycles. The van der Waals surface area contributed by atoms with Crippen LogP contribution in [0.5, 0.6) is 17.2 Å². The molecule has 11 heteroatoms. The molecule has 0 atom stereocenters. The van der Waals surface area contributed by atoms with Crippen LogP contribution in [0.25, 0.3) is 0 Å². The van der Waals surface area contributed by atoms with Crippen molar-refractivity contribution in [1.82, 2.24) is 4.72 Å². The molecule has 0 radical (unpaired) electrons. The molecular formula is C21H25N3O7S. The summed E-state index contributed by atoms with van der Waals surface area (Å²) in [6, 6.07) is 11.1. The van der Waals surface area contributed by atoms with E-state index in [0.717, 1.165) is 0 Å². The maximum absolute atomic E-state index is 12.6. The first-order valence-corrected chi connectivity index (χ1v) is 11.5. The van der Waals surface area contributed by atoms with Crippen molar-refractivity contribution in [2.24, 2.45) is 5.73 Å². The van der Waals surface area contributed by atoms with Crippen LogP contribution >= 0.6 is 0 Å². The Labute approximate surface area is 186 Å². The lowest BCUT2D eigenvalue weighted by molar-refractivity contribution is -0.118. The summed E-state index contributed by atoms with van der Waals surface area (Å²) in [5, 5.41) is 2.67. The maximum Gasteiger partial charge on any atom is 0.240 e. The van der Waals surface area contributed by atoms with Crippen molar-refractivity contribution in [3.05, 3.63) is 42.5 Å². The Bertz CT molecular complexity index is 1070. The van der Waals surface area contributed by atoms with E-state index in [-0.39, 0.29) is 30.9 Å². The Hall–Kier alpha value is -3.31. The van der Waals surface area contributed by atoms with Crippen LogP contribution in [-0.4, -0.2) is 46.6 Å². The van der Waals surface area contributed by atoms with Gasteiger partial charge in [-0.1, -0.05) is 12.1 Å². The Kier molecular flexibility index (Phi) is 7.90. The monoisotopic (exact) mass is 463 g/mol. The molecule has 4 N–H and O–H groups in total. The highest BCUT2D eigenvalue weighted by molar-refractivity contribution is 7.89. The SMILES string of the molecule is NC(=O)CCOc1ccccc1NC(=O)CCNS(=O)(=O)c1ccc2c(c1)OCCCO2. The fourth-order valence-electron chi connectivity index (χ4n) is 2.86. The van der Waals surface area contributed by atoms with Crippen molar-refractivity contribution in [3.63, 3.8) is 0 Å². The summed E-state index contributed by atoms with van der Waals surface area (Å²) < 4.78 is 44.1. The molecule has 32 heavy (non-hydrogen) atoms. The smallest absolute Gasteiger partial charge is 0.240 e. The average Bonchev–Trinajstić information content (AvgIpc) is 2.99. The predicted molar refractivity (Wildman–Crippen MR) is 116 cm³/mol. The minimum absolute atomic E-state index is 0.0235. The van der Waals surface area contributed by atoms with Crippen molar-refractivity contribution in [2.45, 2.75) is 24.2 Å². The van der Waals surface area contributed by atoms with E-state index in [9.17, 15) is 18.0 Å². The normalized spacial score (nSPS) is 13.1. The first-order valence-electron chi connectivity index (χ1n) is 10.0. The maximum atomic E-state index is 12.6. The predicted octanol–water partition coefficient (Wildman–Crippen LogP) is 1.41. The summed E-state index contributed by atoms with van der Waals surface area (Å²) in [7, 11) is -3.84. The van der Waals surface area contributed by atoms with Crippen molar-refractivity contribution < 1.29 is 32.2 Å². The van der Waals surface area contributed by atoms with Gasteiger partial charge >= 0.3 is 0 Å². The number of amides is 2. The summed E-state index contributed by atoms with van der Waals surface area (Å²) in [6.07, 6.45) is 0.659. The van der Waals surface area contributed by atoms with Crippen LogP contribution in [0.4, 0.5) is 5.69 Å². The summed E-state index contributed by atoms with van der Waals surface area (Å²) >= 11 is 0. The molecule has 1 aliphatic heterocycles. The van der Waals surface area contributed by atoms with Gasteiger partial charge < -0.3 is 25.3 Å². The molecule has 2 amide bonds. The molecule has 0 saturated heterocycles. The number of ether oxygens (including phenoxy) is 3. The number of primary amides is 1. The second kappa shape index (κ2) is 10.8. The number of nitrogens with one attached hydrogen (secondary N) is 2.